The highest BCUT2D eigenvalue weighted by molar-refractivity contribution is 5.87. The Bertz CT molecular complexity index is 689. The van der Waals surface area contributed by atoms with Gasteiger partial charge in [0, 0.05) is 5.56 Å². The van der Waals surface area contributed by atoms with E-state index in [1.807, 2.05) is 12.1 Å². The largest absolute Gasteiger partial charge is 0.496 e. The predicted octanol–water partition coefficient (Wildman–Crippen LogP) is 3.62. The van der Waals surface area contributed by atoms with Crippen molar-refractivity contribution in [1.82, 2.24) is 0 Å². The molecular weight excluding hydrogens is 240 g/mol. The number of benzene rings is 1. The summed E-state index contributed by atoms with van der Waals surface area (Å²) in [5.41, 5.74) is 1.96. The second kappa shape index (κ2) is 5.31. The minimum Gasteiger partial charge on any atom is -0.496 e. The van der Waals surface area contributed by atoms with Crippen molar-refractivity contribution in [3.63, 3.8) is 0 Å². The van der Waals surface area contributed by atoms with E-state index in [1.54, 1.807) is 20.1 Å². The van der Waals surface area contributed by atoms with E-state index < -0.39 is 0 Å². The first-order valence-electron chi connectivity index (χ1n) is 6.26. The monoisotopic (exact) mass is 258 g/mol. The molecule has 0 aliphatic heterocycles. The maximum atomic E-state index is 11.9. The van der Waals surface area contributed by atoms with Crippen molar-refractivity contribution >= 4 is 10.8 Å². The normalized spacial score (nSPS) is 10.5. The van der Waals surface area contributed by atoms with Crippen LogP contribution in [-0.4, -0.2) is 7.11 Å². The summed E-state index contributed by atoms with van der Waals surface area (Å²) in [6.07, 6.45) is 2.87. The molecule has 2 aromatic rings. The Morgan fingerprint density at radius 3 is 2.68 bits per heavy atom. The number of methoxy groups -OCH3 is 1. The minimum atomic E-state index is -0.295. The first-order chi connectivity index (χ1) is 9.02. The molecule has 2 rings (SSSR count). The van der Waals surface area contributed by atoms with Crippen LogP contribution in [0.3, 0.4) is 0 Å². The summed E-state index contributed by atoms with van der Waals surface area (Å²) >= 11 is 0. The van der Waals surface area contributed by atoms with Crippen molar-refractivity contribution in [2.45, 2.75) is 27.2 Å². The van der Waals surface area contributed by atoms with E-state index in [4.69, 9.17) is 9.15 Å². The summed E-state index contributed by atoms with van der Waals surface area (Å²) in [6.45, 7) is 5.89. The van der Waals surface area contributed by atoms with E-state index in [0.29, 0.717) is 11.1 Å². The van der Waals surface area contributed by atoms with E-state index in [2.05, 4.69) is 19.9 Å². The molecule has 0 atom stereocenters. The number of fused-ring (bicyclic) bond motifs is 1. The SMILES string of the molecule is COc1ccc2c(=O)oc(C)cc2c1CC=C(C)C. The van der Waals surface area contributed by atoms with Crippen LogP contribution in [-0.2, 0) is 6.42 Å². The van der Waals surface area contributed by atoms with Crippen molar-refractivity contribution in [2.24, 2.45) is 0 Å². The van der Waals surface area contributed by atoms with Gasteiger partial charge in [0.15, 0.2) is 0 Å². The first-order valence-corrected chi connectivity index (χ1v) is 6.26. The first kappa shape index (κ1) is 13.4. The molecule has 0 aliphatic rings. The predicted molar refractivity (Wildman–Crippen MR) is 76.9 cm³/mol. The van der Waals surface area contributed by atoms with Gasteiger partial charge in [-0.05, 0) is 50.8 Å². The van der Waals surface area contributed by atoms with Crippen LogP contribution in [0, 0.1) is 6.92 Å². The maximum Gasteiger partial charge on any atom is 0.343 e. The van der Waals surface area contributed by atoms with Gasteiger partial charge in [0.1, 0.15) is 11.5 Å². The molecule has 3 nitrogen and oxygen atoms in total. The number of hydrogen-bond acceptors (Lipinski definition) is 3. The number of aryl methyl sites for hydroxylation is 1. The van der Waals surface area contributed by atoms with Crippen LogP contribution < -0.4 is 10.4 Å². The molecule has 1 aromatic carbocycles. The number of allylic oxidation sites excluding steroid dienone is 2. The van der Waals surface area contributed by atoms with E-state index >= 15 is 0 Å². The minimum absolute atomic E-state index is 0.295. The summed E-state index contributed by atoms with van der Waals surface area (Å²) in [7, 11) is 1.64. The van der Waals surface area contributed by atoms with Gasteiger partial charge in [0.05, 0.1) is 12.5 Å². The average Bonchev–Trinajstić information content (AvgIpc) is 2.35. The number of hydrogen-bond donors (Lipinski definition) is 0. The Hall–Kier alpha value is -2.03. The molecule has 0 fully saturated rings. The Balaban J connectivity index is 2.75. The standard InChI is InChI=1S/C16H18O3/c1-10(2)5-6-12-14-9-11(3)19-16(17)13(14)7-8-15(12)18-4/h5,7-9H,6H2,1-4H3. The smallest absolute Gasteiger partial charge is 0.343 e. The molecule has 0 N–H and O–H groups in total. The van der Waals surface area contributed by atoms with Crippen molar-refractivity contribution < 1.29 is 9.15 Å². The van der Waals surface area contributed by atoms with Gasteiger partial charge in [-0.1, -0.05) is 11.6 Å². The van der Waals surface area contributed by atoms with Gasteiger partial charge >= 0.3 is 5.63 Å². The summed E-state index contributed by atoms with van der Waals surface area (Å²) < 4.78 is 10.5. The third-order valence-corrected chi connectivity index (χ3v) is 3.07. The fraction of sp³-hybridized carbons (Fsp3) is 0.312. The number of rotatable bonds is 3. The molecule has 0 aliphatic carbocycles. The molecule has 0 unspecified atom stereocenters. The van der Waals surface area contributed by atoms with Crippen LogP contribution in [0.25, 0.3) is 10.8 Å². The zero-order valence-electron chi connectivity index (χ0n) is 11.7. The van der Waals surface area contributed by atoms with Crippen LogP contribution >= 0.6 is 0 Å². The topological polar surface area (TPSA) is 39.4 Å². The van der Waals surface area contributed by atoms with Crippen LogP contribution in [0.5, 0.6) is 5.75 Å². The molecule has 0 amide bonds. The highest BCUT2D eigenvalue weighted by Crippen LogP contribution is 2.28. The maximum absolute atomic E-state index is 11.9. The summed E-state index contributed by atoms with van der Waals surface area (Å²) in [4.78, 5) is 11.9. The fourth-order valence-corrected chi connectivity index (χ4v) is 2.13. The van der Waals surface area contributed by atoms with Gasteiger partial charge in [-0.2, -0.15) is 0 Å². The Morgan fingerprint density at radius 2 is 2.05 bits per heavy atom. The molecule has 100 valence electrons. The summed E-state index contributed by atoms with van der Waals surface area (Å²) in [5, 5.41) is 1.51. The molecule has 19 heavy (non-hydrogen) atoms. The lowest BCUT2D eigenvalue weighted by atomic mass is 10.0. The Labute approximate surface area is 112 Å². The Kier molecular flexibility index (Phi) is 3.74. The van der Waals surface area contributed by atoms with Gasteiger partial charge < -0.3 is 9.15 Å². The second-order valence-electron chi connectivity index (χ2n) is 4.84. The van der Waals surface area contributed by atoms with Gasteiger partial charge in [0.2, 0.25) is 0 Å². The van der Waals surface area contributed by atoms with Gasteiger partial charge in [0.25, 0.3) is 0 Å². The quantitative estimate of drug-likeness (QED) is 0.789. The second-order valence-corrected chi connectivity index (χ2v) is 4.84. The molecule has 0 saturated carbocycles. The van der Waals surface area contributed by atoms with Gasteiger partial charge in [-0.3, -0.25) is 0 Å². The highest BCUT2D eigenvalue weighted by atomic mass is 16.5. The van der Waals surface area contributed by atoms with E-state index in [1.165, 1.54) is 5.57 Å². The van der Waals surface area contributed by atoms with Crippen LogP contribution in [0.4, 0.5) is 0 Å². The summed E-state index contributed by atoms with van der Waals surface area (Å²) in [6, 6.07) is 5.47. The molecule has 0 radical (unpaired) electrons. The van der Waals surface area contributed by atoms with E-state index in [9.17, 15) is 4.79 Å². The molecular formula is C16H18O3. The lowest BCUT2D eigenvalue weighted by Gasteiger charge is -2.10. The Morgan fingerprint density at radius 1 is 1.32 bits per heavy atom. The number of ether oxygens (including phenoxy) is 1. The average molecular weight is 258 g/mol. The van der Waals surface area contributed by atoms with Gasteiger partial charge in [-0.25, -0.2) is 4.79 Å². The van der Waals surface area contributed by atoms with E-state index in [-0.39, 0.29) is 5.63 Å². The van der Waals surface area contributed by atoms with Crippen molar-refractivity contribution in [3.8, 4) is 5.75 Å². The van der Waals surface area contributed by atoms with E-state index in [0.717, 1.165) is 23.1 Å². The van der Waals surface area contributed by atoms with Crippen LogP contribution in [0.15, 0.2) is 39.1 Å². The third-order valence-electron chi connectivity index (χ3n) is 3.07. The third kappa shape index (κ3) is 2.70. The van der Waals surface area contributed by atoms with Gasteiger partial charge in [-0.15, -0.1) is 0 Å². The fourth-order valence-electron chi connectivity index (χ4n) is 2.13. The summed E-state index contributed by atoms with van der Waals surface area (Å²) in [5.74, 6) is 1.42. The molecule has 0 spiro atoms. The van der Waals surface area contributed by atoms with Crippen LogP contribution in [0.1, 0.15) is 25.2 Å². The highest BCUT2D eigenvalue weighted by Gasteiger charge is 2.11. The molecule has 1 heterocycles. The lowest BCUT2D eigenvalue weighted by Crippen LogP contribution is -2.03. The van der Waals surface area contributed by atoms with Crippen molar-refractivity contribution in [2.75, 3.05) is 7.11 Å². The van der Waals surface area contributed by atoms with Crippen LogP contribution in [0.2, 0.25) is 0 Å². The molecule has 3 heteroatoms. The van der Waals surface area contributed by atoms with Crippen molar-refractivity contribution in [1.29, 1.82) is 0 Å². The molecule has 0 saturated heterocycles. The molecule has 1 aromatic heterocycles. The lowest BCUT2D eigenvalue weighted by molar-refractivity contribution is 0.411. The van der Waals surface area contributed by atoms with Crippen molar-refractivity contribution in [3.05, 3.63) is 51.6 Å². The zero-order chi connectivity index (χ0) is 14.0. The molecule has 0 bridgehead atoms. The zero-order valence-corrected chi connectivity index (χ0v) is 11.7.